The molecule has 0 aromatic heterocycles. The molecule has 4 heteroatoms. The van der Waals surface area contributed by atoms with Gasteiger partial charge in [-0.25, -0.2) is 0 Å². The van der Waals surface area contributed by atoms with E-state index in [1.54, 1.807) is 6.92 Å². The minimum atomic E-state index is -1.32. The van der Waals surface area contributed by atoms with Crippen LogP contribution in [0.1, 0.15) is 39.0 Å². The number of carbonyl (C=O) groups is 2. The van der Waals surface area contributed by atoms with Crippen LogP contribution in [0.4, 0.5) is 0 Å². The first-order valence-corrected chi connectivity index (χ1v) is 6.26. The van der Waals surface area contributed by atoms with Crippen LogP contribution in [0.25, 0.3) is 0 Å². The summed E-state index contributed by atoms with van der Waals surface area (Å²) in [6.45, 7) is 1.55. The van der Waals surface area contributed by atoms with Crippen molar-refractivity contribution in [3.8, 4) is 0 Å². The Kier molecular flexibility index (Phi) is 3.22. The number of carboxylic acid groups (broad SMARTS) is 1. The summed E-state index contributed by atoms with van der Waals surface area (Å²) in [5, 5.41) is 12.2. The molecule has 0 spiro atoms. The molecule has 2 aliphatic rings. The third-order valence-corrected chi connectivity index (χ3v) is 3.82. The lowest BCUT2D eigenvalue weighted by atomic mass is 9.72. The standard InChI is InChI=1S/C13H19NO3/c1-13(12(16)17,9-5-3-2-4-6-9)11(15)14-10-7-8-10/h3,5,9-10H,2,4,6-8H2,1H3,(H,14,15)(H,16,17). The van der Waals surface area contributed by atoms with Gasteiger partial charge in [0.05, 0.1) is 0 Å². The highest BCUT2D eigenvalue weighted by Crippen LogP contribution is 2.36. The van der Waals surface area contributed by atoms with Crippen molar-refractivity contribution >= 4 is 11.9 Å². The van der Waals surface area contributed by atoms with Crippen LogP contribution in [0.2, 0.25) is 0 Å². The number of hydrogen-bond donors (Lipinski definition) is 2. The Morgan fingerprint density at radius 1 is 1.35 bits per heavy atom. The number of hydrogen-bond acceptors (Lipinski definition) is 2. The molecule has 1 amide bonds. The third-order valence-electron chi connectivity index (χ3n) is 3.82. The molecule has 17 heavy (non-hydrogen) atoms. The van der Waals surface area contributed by atoms with Crippen molar-refractivity contribution in [1.29, 1.82) is 0 Å². The van der Waals surface area contributed by atoms with Crippen molar-refractivity contribution in [2.45, 2.75) is 45.1 Å². The molecule has 2 atom stereocenters. The van der Waals surface area contributed by atoms with Gasteiger partial charge in [-0.3, -0.25) is 9.59 Å². The lowest BCUT2D eigenvalue weighted by Gasteiger charge is -2.32. The molecule has 2 N–H and O–H groups in total. The Labute approximate surface area is 101 Å². The van der Waals surface area contributed by atoms with Crippen molar-refractivity contribution in [2.75, 3.05) is 0 Å². The molecule has 4 nitrogen and oxygen atoms in total. The molecule has 2 rings (SSSR count). The molecule has 0 bridgehead atoms. The number of aliphatic carboxylic acids is 1. The zero-order valence-corrected chi connectivity index (χ0v) is 10.1. The molecule has 0 radical (unpaired) electrons. The van der Waals surface area contributed by atoms with E-state index in [0.29, 0.717) is 0 Å². The van der Waals surface area contributed by atoms with Gasteiger partial charge < -0.3 is 10.4 Å². The predicted molar refractivity (Wildman–Crippen MR) is 63.4 cm³/mol. The number of rotatable bonds is 4. The molecular formula is C13H19NO3. The molecular weight excluding hydrogens is 218 g/mol. The van der Waals surface area contributed by atoms with E-state index in [1.165, 1.54) is 0 Å². The minimum absolute atomic E-state index is 0.188. The molecule has 2 unspecified atom stereocenters. The first-order chi connectivity index (χ1) is 8.05. The molecule has 2 aliphatic carbocycles. The van der Waals surface area contributed by atoms with Gasteiger partial charge in [0.15, 0.2) is 0 Å². The first kappa shape index (κ1) is 12.1. The van der Waals surface area contributed by atoms with Crippen molar-refractivity contribution in [3.05, 3.63) is 12.2 Å². The SMILES string of the molecule is CC(C(=O)O)(C(=O)NC1CC1)C1C=CCCC1. The van der Waals surface area contributed by atoms with E-state index in [0.717, 1.165) is 32.1 Å². The number of amides is 1. The fourth-order valence-electron chi connectivity index (χ4n) is 2.28. The van der Waals surface area contributed by atoms with Crippen molar-refractivity contribution in [1.82, 2.24) is 5.32 Å². The summed E-state index contributed by atoms with van der Waals surface area (Å²) in [5.41, 5.74) is -1.32. The first-order valence-electron chi connectivity index (χ1n) is 6.26. The Morgan fingerprint density at radius 2 is 2.06 bits per heavy atom. The third kappa shape index (κ3) is 2.35. The second-order valence-electron chi connectivity index (χ2n) is 5.22. The Hall–Kier alpha value is -1.32. The van der Waals surface area contributed by atoms with E-state index in [1.807, 2.05) is 12.2 Å². The van der Waals surface area contributed by atoms with E-state index in [2.05, 4.69) is 5.32 Å². The molecule has 1 saturated carbocycles. The van der Waals surface area contributed by atoms with Gasteiger partial charge in [0.25, 0.3) is 0 Å². The van der Waals surface area contributed by atoms with Crippen LogP contribution in [0.5, 0.6) is 0 Å². The van der Waals surface area contributed by atoms with E-state index < -0.39 is 11.4 Å². The number of allylic oxidation sites excluding steroid dienone is 2. The van der Waals surface area contributed by atoms with Crippen LogP contribution in [-0.4, -0.2) is 23.0 Å². The van der Waals surface area contributed by atoms with Gasteiger partial charge in [-0.1, -0.05) is 12.2 Å². The predicted octanol–water partition coefficient (Wildman–Crippen LogP) is 1.71. The van der Waals surface area contributed by atoms with Gasteiger partial charge in [-0.2, -0.15) is 0 Å². The van der Waals surface area contributed by atoms with E-state index in [-0.39, 0.29) is 17.9 Å². The van der Waals surface area contributed by atoms with Gasteiger partial charge in [0.1, 0.15) is 5.41 Å². The fraction of sp³-hybridized carbons (Fsp3) is 0.692. The maximum Gasteiger partial charge on any atom is 0.319 e. The second-order valence-corrected chi connectivity index (χ2v) is 5.22. The summed E-state index contributed by atoms with van der Waals surface area (Å²) in [6, 6.07) is 0.203. The number of nitrogens with one attached hydrogen (secondary N) is 1. The van der Waals surface area contributed by atoms with E-state index in [4.69, 9.17) is 0 Å². The average Bonchev–Trinajstić information content (AvgIpc) is 3.12. The van der Waals surface area contributed by atoms with Crippen molar-refractivity contribution < 1.29 is 14.7 Å². The highest BCUT2D eigenvalue weighted by molar-refractivity contribution is 6.02. The quantitative estimate of drug-likeness (QED) is 0.578. The normalized spacial score (nSPS) is 27.2. The number of carbonyl (C=O) groups excluding carboxylic acids is 1. The Bertz CT molecular complexity index is 360. The summed E-state index contributed by atoms with van der Waals surface area (Å²) >= 11 is 0. The largest absolute Gasteiger partial charge is 0.480 e. The molecule has 0 aromatic rings. The lowest BCUT2D eigenvalue weighted by molar-refractivity contribution is -0.157. The topological polar surface area (TPSA) is 66.4 Å². The van der Waals surface area contributed by atoms with Crippen LogP contribution in [0.15, 0.2) is 12.2 Å². The molecule has 0 saturated heterocycles. The molecule has 0 heterocycles. The van der Waals surface area contributed by atoms with Crippen LogP contribution in [0, 0.1) is 11.3 Å². The lowest BCUT2D eigenvalue weighted by Crippen LogP contribution is -2.49. The molecule has 94 valence electrons. The fourth-order valence-corrected chi connectivity index (χ4v) is 2.28. The van der Waals surface area contributed by atoms with Gasteiger partial charge >= 0.3 is 5.97 Å². The maximum atomic E-state index is 12.1. The summed E-state index contributed by atoms with van der Waals surface area (Å²) in [7, 11) is 0. The van der Waals surface area contributed by atoms with Crippen LogP contribution >= 0.6 is 0 Å². The van der Waals surface area contributed by atoms with E-state index in [9.17, 15) is 14.7 Å². The Morgan fingerprint density at radius 3 is 2.53 bits per heavy atom. The summed E-state index contributed by atoms with van der Waals surface area (Å²) < 4.78 is 0. The monoisotopic (exact) mass is 237 g/mol. The highest BCUT2D eigenvalue weighted by atomic mass is 16.4. The highest BCUT2D eigenvalue weighted by Gasteiger charge is 2.48. The van der Waals surface area contributed by atoms with Crippen LogP contribution in [0.3, 0.4) is 0 Å². The summed E-state index contributed by atoms with van der Waals surface area (Å²) in [4.78, 5) is 23.6. The summed E-state index contributed by atoms with van der Waals surface area (Å²) in [5.74, 6) is -1.54. The smallest absolute Gasteiger partial charge is 0.319 e. The van der Waals surface area contributed by atoms with Gasteiger partial charge in [-0.15, -0.1) is 0 Å². The summed E-state index contributed by atoms with van der Waals surface area (Å²) in [6.07, 6.45) is 8.54. The molecule has 1 fully saturated rings. The van der Waals surface area contributed by atoms with Gasteiger partial charge in [0, 0.05) is 12.0 Å². The zero-order chi connectivity index (χ0) is 12.5. The zero-order valence-electron chi connectivity index (χ0n) is 10.1. The Balaban J connectivity index is 2.17. The molecule has 0 aromatic carbocycles. The van der Waals surface area contributed by atoms with E-state index >= 15 is 0 Å². The van der Waals surface area contributed by atoms with Gasteiger partial charge in [-0.05, 0) is 39.0 Å². The van der Waals surface area contributed by atoms with Crippen molar-refractivity contribution in [2.24, 2.45) is 11.3 Å². The average molecular weight is 237 g/mol. The second kappa shape index (κ2) is 4.51. The maximum absolute atomic E-state index is 12.1. The van der Waals surface area contributed by atoms with Crippen LogP contribution in [-0.2, 0) is 9.59 Å². The van der Waals surface area contributed by atoms with Crippen LogP contribution < -0.4 is 5.32 Å². The minimum Gasteiger partial charge on any atom is -0.480 e. The molecule has 0 aliphatic heterocycles. The number of carboxylic acids is 1. The van der Waals surface area contributed by atoms with Gasteiger partial charge in [0.2, 0.25) is 5.91 Å². The van der Waals surface area contributed by atoms with Crippen molar-refractivity contribution in [3.63, 3.8) is 0 Å².